The number of nitrogens with two attached hydrogens (primary N) is 1. The van der Waals surface area contributed by atoms with Crippen molar-refractivity contribution in [3.8, 4) is 29.5 Å². The Hall–Kier alpha value is -2.61. The minimum Gasteiger partial charge on any atom is -0.506 e. The standard InChI is InChI=1S/C15H14N4O/c1-2-9-7-12(20)14(17-8-9)13-10-5-3-4-6-11(10)15(16)19-18-13/h1,7-8,20H,3-6H2,(H2,16,19). The van der Waals surface area contributed by atoms with E-state index < -0.39 is 0 Å². The van der Waals surface area contributed by atoms with Crippen LogP contribution in [0.1, 0.15) is 29.5 Å². The molecule has 5 heteroatoms. The van der Waals surface area contributed by atoms with Gasteiger partial charge in [-0.3, -0.25) is 0 Å². The second-order valence-electron chi connectivity index (χ2n) is 4.83. The molecule has 0 atom stereocenters. The van der Waals surface area contributed by atoms with Crippen molar-refractivity contribution in [2.75, 3.05) is 5.73 Å². The second kappa shape index (κ2) is 4.82. The predicted molar refractivity (Wildman–Crippen MR) is 75.9 cm³/mol. The largest absolute Gasteiger partial charge is 0.506 e. The van der Waals surface area contributed by atoms with Gasteiger partial charge in [0.1, 0.15) is 23.0 Å². The highest BCUT2D eigenvalue weighted by Gasteiger charge is 2.21. The summed E-state index contributed by atoms with van der Waals surface area (Å²) in [5.41, 5.74) is 9.51. The summed E-state index contributed by atoms with van der Waals surface area (Å²) in [6.07, 6.45) is 10.8. The molecular formula is C15H14N4O. The number of hydrogen-bond acceptors (Lipinski definition) is 5. The SMILES string of the molecule is C#Cc1cnc(-c2nnc(N)c3c2CCCC3)c(O)c1. The molecule has 20 heavy (non-hydrogen) atoms. The molecule has 1 aliphatic carbocycles. The first-order valence-electron chi connectivity index (χ1n) is 6.50. The molecule has 0 radical (unpaired) electrons. The molecule has 100 valence electrons. The minimum absolute atomic E-state index is 0.0206. The van der Waals surface area contributed by atoms with Crippen LogP contribution in [-0.2, 0) is 12.8 Å². The molecule has 0 saturated carbocycles. The fourth-order valence-electron chi connectivity index (χ4n) is 2.58. The van der Waals surface area contributed by atoms with Crippen molar-refractivity contribution in [1.82, 2.24) is 15.2 Å². The highest BCUT2D eigenvalue weighted by molar-refractivity contribution is 5.69. The van der Waals surface area contributed by atoms with Crippen LogP contribution in [0.3, 0.4) is 0 Å². The summed E-state index contributed by atoms with van der Waals surface area (Å²) < 4.78 is 0. The summed E-state index contributed by atoms with van der Waals surface area (Å²) in [6.45, 7) is 0. The van der Waals surface area contributed by atoms with Crippen molar-refractivity contribution in [3.05, 3.63) is 29.0 Å². The number of anilines is 1. The van der Waals surface area contributed by atoms with Gasteiger partial charge in [-0.2, -0.15) is 0 Å². The quantitative estimate of drug-likeness (QED) is 0.767. The van der Waals surface area contributed by atoms with Crippen LogP contribution in [0.2, 0.25) is 0 Å². The summed E-state index contributed by atoms with van der Waals surface area (Å²) in [5, 5.41) is 18.2. The van der Waals surface area contributed by atoms with Gasteiger partial charge in [0.15, 0.2) is 0 Å². The zero-order chi connectivity index (χ0) is 14.1. The number of pyridine rings is 1. The lowest BCUT2D eigenvalue weighted by atomic mass is 9.90. The first-order chi connectivity index (χ1) is 9.70. The summed E-state index contributed by atoms with van der Waals surface area (Å²) in [7, 11) is 0. The van der Waals surface area contributed by atoms with E-state index in [0.29, 0.717) is 22.8 Å². The zero-order valence-corrected chi connectivity index (χ0v) is 10.9. The van der Waals surface area contributed by atoms with Crippen LogP contribution in [0.25, 0.3) is 11.4 Å². The molecule has 2 aromatic rings. The summed E-state index contributed by atoms with van der Waals surface area (Å²) in [4.78, 5) is 4.22. The fourth-order valence-corrected chi connectivity index (χ4v) is 2.58. The topological polar surface area (TPSA) is 84.9 Å². The number of aromatic hydroxyl groups is 1. The van der Waals surface area contributed by atoms with E-state index in [-0.39, 0.29) is 5.75 Å². The number of nitrogen functional groups attached to an aromatic ring is 1. The van der Waals surface area contributed by atoms with Gasteiger partial charge in [0.05, 0.1) is 0 Å². The molecule has 0 fully saturated rings. The smallest absolute Gasteiger partial charge is 0.149 e. The van der Waals surface area contributed by atoms with E-state index in [1.807, 2.05) is 0 Å². The monoisotopic (exact) mass is 266 g/mol. The molecule has 2 heterocycles. The number of hydrogen-bond donors (Lipinski definition) is 2. The first kappa shape index (κ1) is 12.4. The third-order valence-electron chi connectivity index (χ3n) is 3.58. The molecule has 3 rings (SSSR count). The average Bonchev–Trinajstić information content (AvgIpc) is 2.48. The van der Waals surface area contributed by atoms with Gasteiger partial charge in [0.25, 0.3) is 0 Å². The van der Waals surface area contributed by atoms with Gasteiger partial charge in [0, 0.05) is 17.3 Å². The lowest BCUT2D eigenvalue weighted by Gasteiger charge is -2.19. The number of rotatable bonds is 1. The van der Waals surface area contributed by atoms with Crippen LogP contribution in [0, 0.1) is 12.3 Å². The van der Waals surface area contributed by atoms with Gasteiger partial charge < -0.3 is 10.8 Å². The van der Waals surface area contributed by atoms with Crippen molar-refractivity contribution in [2.45, 2.75) is 25.7 Å². The number of nitrogens with zero attached hydrogens (tertiary/aromatic N) is 3. The molecule has 0 bridgehead atoms. The molecular weight excluding hydrogens is 252 g/mol. The molecule has 0 aliphatic heterocycles. The lowest BCUT2D eigenvalue weighted by Crippen LogP contribution is -2.12. The van der Waals surface area contributed by atoms with Crippen LogP contribution in [0.5, 0.6) is 5.75 Å². The molecule has 0 saturated heterocycles. The van der Waals surface area contributed by atoms with Crippen LogP contribution >= 0.6 is 0 Å². The zero-order valence-electron chi connectivity index (χ0n) is 10.9. The maximum Gasteiger partial charge on any atom is 0.149 e. The summed E-state index contributed by atoms with van der Waals surface area (Å²) in [5.74, 6) is 2.94. The average molecular weight is 266 g/mol. The maximum atomic E-state index is 10.1. The Labute approximate surface area is 116 Å². The number of aromatic nitrogens is 3. The second-order valence-corrected chi connectivity index (χ2v) is 4.83. The summed E-state index contributed by atoms with van der Waals surface area (Å²) in [6, 6.07) is 1.51. The van der Waals surface area contributed by atoms with Gasteiger partial charge in [-0.05, 0) is 37.3 Å². The maximum absolute atomic E-state index is 10.1. The van der Waals surface area contributed by atoms with E-state index in [0.717, 1.165) is 36.8 Å². The van der Waals surface area contributed by atoms with E-state index in [4.69, 9.17) is 12.2 Å². The predicted octanol–water partition coefficient (Wildman–Crippen LogP) is 1.69. The van der Waals surface area contributed by atoms with Crippen molar-refractivity contribution in [1.29, 1.82) is 0 Å². The van der Waals surface area contributed by atoms with Gasteiger partial charge >= 0.3 is 0 Å². The highest BCUT2D eigenvalue weighted by Crippen LogP contribution is 2.34. The lowest BCUT2D eigenvalue weighted by molar-refractivity contribution is 0.474. The van der Waals surface area contributed by atoms with Crippen LogP contribution in [0.15, 0.2) is 12.3 Å². The Morgan fingerprint density at radius 1 is 1.15 bits per heavy atom. The van der Waals surface area contributed by atoms with E-state index in [9.17, 15) is 5.11 Å². The van der Waals surface area contributed by atoms with E-state index in [2.05, 4.69) is 21.1 Å². The fraction of sp³-hybridized carbons (Fsp3) is 0.267. The van der Waals surface area contributed by atoms with Gasteiger partial charge in [-0.25, -0.2) is 4.98 Å². The molecule has 0 aromatic carbocycles. The Morgan fingerprint density at radius 2 is 1.90 bits per heavy atom. The van der Waals surface area contributed by atoms with Gasteiger partial charge in [0.2, 0.25) is 0 Å². The Morgan fingerprint density at radius 3 is 2.60 bits per heavy atom. The van der Waals surface area contributed by atoms with Crippen molar-refractivity contribution in [3.63, 3.8) is 0 Å². The van der Waals surface area contributed by atoms with Gasteiger partial charge in [-0.1, -0.05) is 5.92 Å². The third kappa shape index (κ3) is 1.95. The van der Waals surface area contributed by atoms with E-state index in [1.54, 1.807) is 6.20 Å². The van der Waals surface area contributed by atoms with Crippen molar-refractivity contribution < 1.29 is 5.11 Å². The summed E-state index contributed by atoms with van der Waals surface area (Å²) >= 11 is 0. The molecule has 5 nitrogen and oxygen atoms in total. The van der Waals surface area contributed by atoms with Crippen LogP contribution in [-0.4, -0.2) is 20.3 Å². The normalized spacial score (nSPS) is 13.6. The van der Waals surface area contributed by atoms with Crippen molar-refractivity contribution in [2.24, 2.45) is 0 Å². The third-order valence-corrected chi connectivity index (χ3v) is 3.58. The Bertz CT molecular complexity index is 719. The van der Waals surface area contributed by atoms with Crippen LogP contribution < -0.4 is 5.73 Å². The molecule has 3 N–H and O–H groups in total. The number of fused-ring (bicyclic) bond motifs is 1. The molecule has 0 amide bonds. The Kier molecular flexibility index (Phi) is 2.99. The minimum atomic E-state index is 0.0206. The molecule has 0 unspecified atom stereocenters. The Balaban J connectivity index is 2.18. The van der Waals surface area contributed by atoms with Gasteiger partial charge in [-0.15, -0.1) is 16.6 Å². The van der Waals surface area contributed by atoms with Crippen molar-refractivity contribution >= 4 is 5.82 Å². The van der Waals surface area contributed by atoms with E-state index in [1.165, 1.54) is 6.07 Å². The molecule has 0 spiro atoms. The number of terminal acetylenes is 1. The van der Waals surface area contributed by atoms with Crippen LogP contribution in [0.4, 0.5) is 5.82 Å². The van der Waals surface area contributed by atoms with E-state index >= 15 is 0 Å². The highest BCUT2D eigenvalue weighted by atomic mass is 16.3. The first-order valence-corrected chi connectivity index (χ1v) is 6.50. The molecule has 2 aromatic heterocycles. The molecule has 1 aliphatic rings.